The number of hydrogen-bond donors (Lipinski definition) is 1. The molecule has 1 aromatic carbocycles. The van der Waals surface area contributed by atoms with Gasteiger partial charge in [-0.15, -0.1) is 0 Å². The molecule has 4 heteroatoms. The first-order valence-electron chi connectivity index (χ1n) is 6.61. The monoisotopic (exact) mass is 266 g/mol. The van der Waals surface area contributed by atoms with E-state index in [1.54, 1.807) is 0 Å². The molecule has 2 aliphatic heterocycles. The van der Waals surface area contributed by atoms with Gasteiger partial charge in [0, 0.05) is 17.6 Å². The SMILES string of the molecule is NC(c1ccc(Cl)cc1)C1CN2CCCC2CO1. The van der Waals surface area contributed by atoms with Gasteiger partial charge < -0.3 is 10.5 Å². The first kappa shape index (κ1) is 12.4. The number of fused-ring (bicyclic) bond motifs is 1. The molecular formula is C14H19ClN2O. The van der Waals surface area contributed by atoms with E-state index in [0.29, 0.717) is 6.04 Å². The molecule has 1 aromatic rings. The average molecular weight is 267 g/mol. The molecule has 2 fully saturated rings. The van der Waals surface area contributed by atoms with Crippen molar-refractivity contribution in [1.29, 1.82) is 0 Å². The van der Waals surface area contributed by atoms with E-state index in [9.17, 15) is 0 Å². The maximum atomic E-state index is 6.31. The van der Waals surface area contributed by atoms with Gasteiger partial charge >= 0.3 is 0 Å². The molecule has 2 saturated heterocycles. The van der Waals surface area contributed by atoms with E-state index in [4.69, 9.17) is 22.1 Å². The minimum absolute atomic E-state index is 0.0659. The summed E-state index contributed by atoms with van der Waals surface area (Å²) in [5.41, 5.74) is 7.41. The molecule has 0 aromatic heterocycles. The van der Waals surface area contributed by atoms with Crippen LogP contribution in [0.1, 0.15) is 24.4 Å². The molecule has 3 nitrogen and oxygen atoms in total. The van der Waals surface area contributed by atoms with Crippen LogP contribution in [0.2, 0.25) is 5.02 Å². The van der Waals surface area contributed by atoms with Gasteiger partial charge in [0.1, 0.15) is 0 Å². The molecule has 3 atom stereocenters. The predicted octanol–water partition coefficient (Wildman–Crippen LogP) is 2.20. The third-order valence-electron chi connectivity index (χ3n) is 4.07. The van der Waals surface area contributed by atoms with E-state index < -0.39 is 0 Å². The number of hydrogen-bond acceptors (Lipinski definition) is 3. The van der Waals surface area contributed by atoms with Crippen LogP contribution in [-0.4, -0.2) is 36.7 Å². The molecule has 0 bridgehead atoms. The highest BCUT2D eigenvalue weighted by Gasteiger charge is 2.34. The van der Waals surface area contributed by atoms with Gasteiger partial charge in [-0.1, -0.05) is 23.7 Å². The Balaban J connectivity index is 1.69. The fourth-order valence-corrected chi connectivity index (χ4v) is 3.09. The van der Waals surface area contributed by atoms with Crippen LogP contribution in [0, 0.1) is 0 Å². The molecule has 0 amide bonds. The van der Waals surface area contributed by atoms with Crippen molar-refractivity contribution in [2.75, 3.05) is 19.7 Å². The van der Waals surface area contributed by atoms with Crippen molar-refractivity contribution in [2.45, 2.75) is 31.0 Å². The van der Waals surface area contributed by atoms with Crippen LogP contribution >= 0.6 is 11.6 Å². The summed E-state index contributed by atoms with van der Waals surface area (Å²) in [6.45, 7) is 2.97. The third kappa shape index (κ3) is 2.41. The van der Waals surface area contributed by atoms with Crippen LogP contribution < -0.4 is 5.73 Å². The second kappa shape index (κ2) is 5.17. The van der Waals surface area contributed by atoms with Crippen molar-refractivity contribution < 1.29 is 4.74 Å². The van der Waals surface area contributed by atoms with Gasteiger partial charge in [0.15, 0.2) is 0 Å². The zero-order valence-corrected chi connectivity index (χ0v) is 11.1. The lowest BCUT2D eigenvalue weighted by molar-refractivity contribution is -0.0597. The maximum absolute atomic E-state index is 6.31. The number of benzene rings is 1. The van der Waals surface area contributed by atoms with Crippen LogP contribution in [-0.2, 0) is 4.74 Å². The van der Waals surface area contributed by atoms with Gasteiger partial charge in [-0.05, 0) is 37.1 Å². The average Bonchev–Trinajstić information content (AvgIpc) is 2.86. The maximum Gasteiger partial charge on any atom is 0.0895 e. The Morgan fingerprint density at radius 2 is 2.11 bits per heavy atom. The fraction of sp³-hybridized carbons (Fsp3) is 0.571. The third-order valence-corrected chi connectivity index (χ3v) is 4.32. The summed E-state index contributed by atoms with van der Waals surface area (Å²) in [6, 6.07) is 8.32. The van der Waals surface area contributed by atoms with Gasteiger partial charge in [0.05, 0.1) is 18.8 Å². The van der Waals surface area contributed by atoms with Crippen molar-refractivity contribution in [3.05, 3.63) is 34.9 Å². The first-order chi connectivity index (χ1) is 8.74. The number of ether oxygens (including phenoxy) is 1. The lowest BCUT2D eigenvalue weighted by Crippen LogP contribution is -2.49. The Hall–Kier alpha value is -0.610. The van der Waals surface area contributed by atoms with Crippen LogP contribution in [0.4, 0.5) is 0 Å². The van der Waals surface area contributed by atoms with Crippen molar-refractivity contribution >= 4 is 11.6 Å². The van der Waals surface area contributed by atoms with E-state index in [0.717, 1.165) is 23.7 Å². The highest BCUT2D eigenvalue weighted by atomic mass is 35.5. The topological polar surface area (TPSA) is 38.5 Å². The largest absolute Gasteiger partial charge is 0.373 e. The van der Waals surface area contributed by atoms with Crippen LogP contribution in [0.5, 0.6) is 0 Å². The molecule has 3 rings (SSSR count). The molecule has 0 radical (unpaired) electrons. The summed E-state index contributed by atoms with van der Waals surface area (Å²) >= 11 is 5.89. The molecule has 2 heterocycles. The van der Waals surface area contributed by atoms with Crippen LogP contribution in [0.3, 0.4) is 0 Å². The molecule has 0 spiro atoms. The van der Waals surface area contributed by atoms with Gasteiger partial charge in [0.25, 0.3) is 0 Å². The van der Waals surface area contributed by atoms with Gasteiger partial charge in [-0.2, -0.15) is 0 Å². The molecule has 2 N–H and O–H groups in total. The molecular weight excluding hydrogens is 248 g/mol. The first-order valence-corrected chi connectivity index (χ1v) is 6.98. The molecule has 3 unspecified atom stereocenters. The number of nitrogens with zero attached hydrogens (tertiary/aromatic N) is 1. The minimum atomic E-state index is -0.0659. The van der Waals surface area contributed by atoms with E-state index in [1.807, 2.05) is 24.3 Å². The highest BCUT2D eigenvalue weighted by Crippen LogP contribution is 2.27. The summed E-state index contributed by atoms with van der Waals surface area (Å²) in [7, 11) is 0. The van der Waals surface area contributed by atoms with Crippen molar-refractivity contribution in [1.82, 2.24) is 4.90 Å². The van der Waals surface area contributed by atoms with E-state index in [2.05, 4.69) is 4.90 Å². The zero-order valence-electron chi connectivity index (χ0n) is 10.4. The standard InChI is InChI=1S/C14H19ClN2O/c15-11-5-3-10(4-6-11)14(16)13-8-17-7-1-2-12(17)9-18-13/h3-6,12-14H,1-2,7-9,16H2. The predicted molar refractivity (Wildman–Crippen MR) is 72.7 cm³/mol. The van der Waals surface area contributed by atoms with Crippen molar-refractivity contribution in [3.8, 4) is 0 Å². The Kier molecular flexibility index (Phi) is 3.57. The van der Waals surface area contributed by atoms with E-state index in [-0.39, 0.29) is 12.1 Å². The fourth-order valence-electron chi connectivity index (χ4n) is 2.96. The number of rotatable bonds is 2. The second-order valence-corrected chi connectivity index (χ2v) is 5.68. The highest BCUT2D eigenvalue weighted by molar-refractivity contribution is 6.30. The van der Waals surface area contributed by atoms with E-state index >= 15 is 0 Å². The van der Waals surface area contributed by atoms with Gasteiger partial charge in [-0.25, -0.2) is 0 Å². The Labute approximate surface area is 113 Å². The van der Waals surface area contributed by atoms with Crippen LogP contribution in [0.25, 0.3) is 0 Å². The Bertz CT molecular complexity index is 409. The normalized spacial score (nSPS) is 30.1. The van der Waals surface area contributed by atoms with E-state index in [1.165, 1.54) is 19.4 Å². The lowest BCUT2D eigenvalue weighted by atomic mass is 10.0. The Morgan fingerprint density at radius 3 is 2.89 bits per heavy atom. The lowest BCUT2D eigenvalue weighted by Gasteiger charge is -2.37. The quantitative estimate of drug-likeness (QED) is 0.892. The summed E-state index contributed by atoms with van der Waals surface area (Å²) in [6.07, 6.45) is 2.65. The van der Waals surface area contributed by atoms with Crippen molar-refractivity contribution in [3.63, 3.8) is 0 Å². The summed E-state index contributed by atoms with van der Waals surface area (Å²) in [4.78, 5) is 2.52. The molecule has 0 saturated carbocycles. The van der Waals surface area contributed by atoms with Crippen molar-refractivity contribution in [2.24, 2.45) is 5.73 Å². The molecule has 18 heavy (non-hydrogen) atoms. The summed E-state index contributed by atoms with van der Waals surface area (Å²) in [5, 5.41) is 0.745. The van der Waals surface area contributed by atoms with Gasteiger partial charge in [0.2, 0.25) is 0 Å². The minimum Gasteiger partial charge on any atom is -0.373 e. The summed E-state index contributed by atoms with van der Waals surface area (Å²) in [5.74, 6) is 0. The molecule has 2 aliphatic rings. The number of halogens is 1. The Morgan fingerprint density at radius 1 is 1.33 bits per heavy atom. The number of morpholine rings is 1. The smallest absolute Gasteiger partial charge is 0.0895 e. The van der Waals surface area contributed by atoms with Gasteiger partial charge in [-0.3, -0.25) is 4.90 Å². The molecule has 0 aliphatic carbocycles. The number of nitrogens with two attached hydrogens (primary N) is 1. The van der Waals surface area contributed by atoms with Crippen LogP contribution in [0.15, 0.2) is 24.3 Å². The second-order valence-electron chi connectivity index (χ2n) is 5.24. The summed E-state index contributed by atoms with van der Waals surface area (Å²) < 4.78 is 5.94. The molecule has 98 valence electrons. The zero-order chi connectivity index (χ0) is 12.5.